The highest BCUT2D eigenvalue weighted by Gasteiger charge is 2.17. The Morgan fingerprint density at radius 1 is 1.03 bits per heavy atom. The molecule has 31 heavy (non-hydrogen) atoms. The number of hydrogen-bond donors (Lipinski definition) is 0. The van der Waals surface area contributed by atoms with Crippen LogP contribution in [0.15, 0.2) is 46.3 Å². The van der Waals surface area contributed by atoms with Gasteiger partial charge in [0.1, 0.15) is 21.7 Å². The average molecular weight is 465 g/mol. The van der Waals surface area contributed by atoms with Crippen LogP contribution in [0.3, 0.4) is 0 Å². The maximum atomic E-state index is 12.8. The van der Waals surface area contributed by atoms with Gasteiger partial charge in [0.25, 0.3) is 5.91 Å². The first kappa shape index (κ1) is 23.0. The molecule has 0 unspecified atom stereocenters. The summed E-state index contributed by atoms with van der Waals surface area (Å²) >= 11 is 1.31. The average Bonchev–Trinajstić information content (AvgIpc) is 3.14. The number of carbonyl (C=O) groups is 1. The third-order valence-corrected chi connectivity index (χ3v) is 7.59. The number of fused-ring (bicyclic) bond motifs is 1. The van der Waals surface area contributed by atoms with E-state index < -0.39 is 15.7 Å². The maximum Gasteiger partial charge on any atom is 0.279 e. The van der Waals surface area contributed by atoms with Crippen molar-refractivity contribution < 1.29 is 27.4 Å². The molecule has 1 amide bonds. The van der Waals surface area contributed by atoms with E-state index >= 15 is 0 Å². The molecule has 0 spiro atoms. The molecule has 166 valence electrons. The normalized spacial score (nSPS) is 12.3. The lowest BCUT2D eigenvalue weighted by molar-refractivity contribution is 0.0997. The zero-order valence-corrected chi connectivity index (χ0v) is 19.4. The highest BCUT2D eigenvalue weighted by atomic mass is 32.2. The summed E-state index contributed by atoms with van der Waals surface area (Å²) in [5.41, 5.74) is 1.06. The molecular weight excluding hydrogens is 440 g/mol. The van der Waals surface area contributed by atoms with Crippen molar-refractivity contribution in [3.8, 4) is 11.5 Å². The summed E-state index contributed by atoms with van der Waals surface area (Å²) in [5.74, 6) is 0.799. The van der Waals surface area contributed by atoms with E-state index in [-0.39, 0.29) is 10.6 Å². The third-order valence-electron chi connectivity index (χ3n) is 4.75. The number of methoxy groups -OCH3 is 3. The molecule has 0 aliphatic heterocycles. The molecule has 0 aliphatic rings. The van der Waals surface area contributed by atoms with Gasteiger partial charge in [-0.25, -0.2) is 8.42 Å². The molecule has 2 aromatic carbocycles. The second-order valence-electron chi connectivity index (χ2n) is 6.52. The lowest BCUT2D eigenvalue weighted by atomic mass is 10.2. The van der Waals surface area contributed by atoms with Crippen molar-refractivity contribution >= 4 is 37.3 Å². The Kier molecular flexibility index (Phi) is 7.14. The molecule has 0 aliphatic carbocycles. The molecule has 0 saturated heterocycles. The number of thiazole rings is 1. The number of hydrogen-bond acceptors (Lipinski definition) is 7. The van der Waals surface area contributed by atoms with Crippen molar-refractivity contribution in [2.75, 3.05) is 33.7 Å². The van der Waals surface area contributed by atoms with Gasteiger partial charge in [0.2, 0.25) is 0 Å². The summed E-state index contributed by atoms with van der Waals surface area (Å²) < 4.78 is 42.9. The van der Waals surface area contributed by atoms with Gasteiger partial charge in [-0.05, 0) is 36.4 Å². The van der Waals surface area contributed by atoms with Crippen molar-refractivity contribution in [2.45, 2.75) is 18.4 Å². The van der Waals surface area contributed by atoms with Crippen molar-refractivity contribution in [1.29, 1.82) is 0 Å². The summed E-state index contributed by atoms with van der Waals surface area (Å²) in [6.45, 7) is 2.45. The van der Waals surface area contributed by atoms with E-state index in [4.69, 9.17) is 14.2 Å². The van der Waals surface area contributed by atoms with Crippen LogP contribution in [0, 0.1) is 0 Å². The van der Waals surface area contributed by atoms with Gasteiger partial charge in [0.05, 0.1) is 31.5 Å². The topological polar surface area (TPSA) is 96.2 Å². The zero-order chi connectivity index (χ0) is 22.6. The fourth-order valence-electron chi connectivity index (χ4n) is 3.05. The molecule has 10 heteroatoms. The first-order valence-corrected chi connectivity index (χ1v) is 12.0. The minimum absolute atomic E-state index is 0.00435. The Morgan fingerprint density at radius 3 is 2.26 bits per heavy atom. The minimum atomic E-state index is -3.33. The first-order valence-electron chi connectivity index (χ1n) is 9.51. The Bertz CT molecular complexity index is 1260. The molecule has 0 saturated carbocycles. The number of rotatable bonds is 8. The lowest BCUT2D eigenvalue weighted by Gasteiger charge is -2.09. The second-order valence-corrected chi connectivity index (χ2v) is 9.78. The molecule has 3 aromatic rings. The second kappa shape index (κ2) is 9.63. The van der Waals surface area contributed by atoms with E-state index in [1.165, 1.54) is 35.6 Å². The Balaban J connectivity index is 2.13. The van der Waals surface area contributed by atoms with Crippen LogP contribution in [0.4, 0.5) is 0 Å². The maximum absolute atomic E-state index is 12.8. The van der Waals surface area contributed by atoms with Crippen LogP contribution in [-0.4, -0.2) is 52.6 Å². The number of aromatic nitrogens is 1. The van der Waals surface area contributed by atoms with Gasteiger partial charge in [-0.1, -0.05) is 18.3 Å². The molecule has 0 fully saturated rings. The smallest absolute Gasteiger partial charge is 0.279 e. The summed E-state index contributed by atoms with van der Waals surface area (Å²) in [6.07, 6.45) is 0. The van der Waals surface area contributed by atoms with E-state index in [0.29, 0.717) is 35.0 Å². The Hall–Kier alpha value is -2.69. The zero-order valence-electron chi connectivity index (χ0n) is 17.7. The van der Waals surface area contributed by atoms with Crippen molar-refractivity contribution in [3.05, 3.63) is 46.8 Å². The summed E-state index contributed by atoms with van der Waals surface area (Å²) in [4.78, 5) is 17.8. The summed E-state index contributed by atoms with van der Waals surface area (Å²) in [6, 6.07) is 9.41. The van der Waals surface area contributed by atoms with Gasteiger partial charge < -0.3 is 18.8 Å². The third kappa shape index (κ3) is 4.65. The lowest BCUT2D eigenvalue weighted by Crippen LogP contribution is -2.19. The van der Waals surface area contributed by atoms with E-state index in [2.05, 4.69) is 4.99 Å². The van der Waals surface area contributed by atoms with Crippen molar-refractivity contribution in [1.82, 2.24) is 4.57 Å². The molecule has 0 bridgehead atoms. The monoisotopic (exact) mass is 464 g/mol. The van der Waals surface area contributed by atoms with Gasteiger partial charge in [-0.2, -0.15) is 4.99 Å². The largest absolute Gasteiger partial charge is 0.495 e. The van der Waals surface area contributed by atoms with Crippen LogP contribution >= 0.6 is 11.3 Å². The van der Waals surface area contributed by atoms with Crippen molar-refractivity contribution in [3.63, 3.8) is 0 Å². The fraction of sp³-hybridized carbons (Fsp3) is 0.333. The van der Waals surface area contributed by atoms with Gasteiger partial charge in [-0.15, -0.1) is 0 Å². The van der Waals surface area contributed by atoms with Gasteiger partial charge in [0.15, 0.2) is 14.6 Å². The van der Waals surface area contributed by atoms with Crippen LogP contribution in [0.1, 0.15) is 17.3 Å². The van der Waals surface area contributed by atoms with Gasteiger partial charge in [-0.3, -0.25) is 4.79 Å². The Labute approximate surface area is 184 Å². The molecular formula is C21H24N2O6S2. The number of carbonyl (C=O) groups excluding carboxylic acids is 1. The highest BCUT2D eigenvalue weighted by Crippen LogP contribution is 2.35. The van der Waals surface area contributed by atoms with Gasteiger partial charge >= 0.3 is 0 Å². The number of nitrogens with zero attached hydrogens (tertiary/aromatic N) is 2. The summed E-state index contributed by atoms with van der Waals surface area (Å²) in [5, 5.41) is 0. The fourth-order valence-corrected chi connectivity index (χ4v) is 5.10. The molecule has 1 heterocycles. The van der Waals surface area contributed by atoms with Crippen LogP contribution in [0.5, 0.6) is 11.5 Å². The quantitative estimate of drug-likeness (QED) is 0.509. The van der Waals surface area contributed by atoms with Crippen LogP contribution in [0.2, 0.25) is 0 Å². The van der Waals surface area contributed by atoms with Crippen LogP contribution in [-0.2, 0) is 21.1 Å². The molecule has 0 atom stereocenters. The van der Waals surface area contributed by atoms with Crippen molar-refractivity contribution in [2.24, 2.45) is 4.99 Å². The van der Waals surface area contributed by atoms with Gasteiger partial charge in [0, 0.05) is 19.2 Å². The minimum Gasteiger partial charge on any atom is -0.495 e. The van der Waals surface area contributed by atoms with Crippen LogP contribution in [0.25, 0.3) is 10.2 Å². The molecule has 0 N–H and O–H groups in total. The first-order chi connectivity index (χ1) is 14.9. The summed E-state index contributed by atoms with van der Waals surface area (Å²) in [7, 11) is 1.42. The molecule has 3 rings (SSSR count). The van der Waals surface area contributed by atoms with E-state index in [0.717, 1.165) is 10.2 Å². The SMILES string of the molecule is CCS(=O)(=O)c1ccc(C(=O)N=c2sc3c(OC)ccc(OC)c3n2CCOC)cc1. The van der Waals surface area contributed by atoms with E-state index in [1.54, 1.807) is 40.4 Å². The predicted octanol–water partition coefficient (Wildman–Crippen LogP) is 2.90. The molecule has 1 aromatic heterocycles. The number of ether oxygens (including phenoxy) is 3. The molecule has 8 nitrogen and oxygen atoms in total. The van der Waals surface area contributed by atoms with E-state index in [1.807, 2.05) is 4.57 Å². The van der Waals surface area contributed by atoms with Crippen LogP contribution < -0.4 is 14.3 Å². The standard InChI is InChI=1S/C21H24N2O6S2/c1-5-31(25,26)15-8-6-14(7-9-15)20(24)22-21-23(12-13-27-2)18-16(28-3)10-11-17(29-4)19(18)30-21/h6-11H,5,12-13H2,1-4H3. The predicted molar refractivity (Wildman–Crippen MR) is 119 cm³/mol. The number of sulfone groups is 1. The number of amides is 1. The highest BCUT2D eigenvalue weighted by molar-refractivity contribution is 7.91. The number of benzene rings is 2. The Morgan fingerprint density at radius 2 is 1.68 bits per heavy atom. The molecule has 0 radical (unpaired) electrons. The van der Waals surface area contributed by atoms with E-state index in [9.17, 15) is 13.2 Å².